The Kier molecular flexibility index (Phi) is 3.02. The van der Waals surface area contributed by atoms with Gasteiger partial charge in [0, 0.05) is 7.05 Å². The Labute approximate surface area is 77.5 Å². The van der Waals surface area contributed by atoms with Gasteiger partial charge in [-0.25, -0.2) is 8.42 Å². The lowest BCUT2D eigenvalue weighted by Crippen LogP contribution is -2.19. The second-order valence-electron chi connectivity index (χ2n) is 2.35. The minimum Gasteiger partial charge on any atom is -0.355 e. The van der Waals surface area contributed by atoms with Gasteiger partial charge in [0.2, 0.25) is 0 Å². The fraction of sp³-hybridized carbons (Fsp3) is 0.125. The maximum Gasteiger partial charge on any atom is 0.252 e. The Morgan fingerprint density at radius 1 is 1.31 bits per heavy atom. The summed E-state index contributed by atoms with van der Waals surface area (Å²) in [6, 6.07) is 6.06. The number of nitrogens with one attached hydrogen (secondary N) is 1. The minimum atomic E-state index is -2.72. The number of hydrogen-bond acceptors (Lipinski definition) is 3. The van der Waals surface area contributed by atoms with Crippen LogP contribution in [0.3, 0.4) is 0 Å². The van der Waals surface area contributed by atoms with Crippen LogP contribution in [-0.2, 0) is 10.7 Å². The van der Waals surface area contributed by atoms with Crippen LogP contribution < -0.4 is 5.32 Å². The molecule has 0 bridgehead atoms. The zero-order chi connectivity index (χ0) is 9.84. The molecule has 13 heavy (non-hydrogen) atoms. The summed E-state index contributed by atoms with van der Waals surface area (Å²) < 4.78 is 21.4. The van der Waals surface area contributed by atoms with E-state index in [9.17, 15) is 13.2 Å². The lowest BCUT2D eigenvalue weighted by atomic mass is 10.2. The van der Waals surface area contributed by atoms with E-state index in [2.05, 4.69) is 5.32 Å². The highest BCUT2D eigenvalue weighted by molar-refractivity contribution is 7.72. The highest BCUT2D eigenvalue weighted by Gasteiger charge is 2.09. The summed E-state index contributed by atoms with van der Waals surface area (Å²) in [5.41, 5.74) is 0.182. The summed E-state index contributed by atoms with van der Waals surface area (Å²) in [7, 11) is -1.26. The summed E-state index contributed by atoms with van der Waals surface area (Å²) in [6.45, 7) is 0. The van der Waals surface area contributed by atoms with Crippen molar-refractivity contribution in [3.8, 4) is 0 Å². The van der Waals surface area contributed by atoms with Crippen molar-refractivity contribution in [3.63, 3.8) is 0 Å². The van der Waals surface area contributed by atoms with Crippen LogP contribution in [0.15, 0.2) is 29.2 Å². The SMILES string of the molecule is CNC(=O)c1ccccc1[SH](=O)=O. The molecule has 0 radical (unpaired) electrons. The molecule has 0 fully saturated rings. The van der Waals surface area contributed by atoms with Gasteiger partial charge in [0.05, 0.1) is 10.5 Å². The van der Waals surface area contributed by atoms with Gasteiger partial charge in [0.25, 0.3) is 5.91 Å². The van der Waals surface area contributed by atoms with Crippen molar-refractivity contribution in [3.05, 3.63) is 29.8 Å². The third-order valence-electron chi connectivity index (χ3n) is 1.57. The van der Waals surface area contributed by atoms with Gasteiger partial charge < -0.3 is 5.32 Å². The van der Waals surface area contributed by atoms with Crippen molar-refractivity contribution in [2.45, 2.75) is 4.90 Å². The van der Waals surface area contributed by atoms with Gasteiger partial charge in [-0.3, -0.25) is 4.79 Å². The van der Waals surface area contributed by atoms with E-state index in [-0.39, 0.29) is 10.5 Å². The van der Waals surface area contributed by atoms with E-state index < -0.39 is 16.6 Å². The summed E-state index contributed by atoms with van der Waals surface area (Å²) in [5.74, 6) is -0.394. The largest absolute Gasteiger partial charge is 0.355 e. The Morgan fingerprint density at radius 3 is 2.46 bits per heavy atom. The number of rotatable bonds is 2. The fourth-order valence-electron chi connectivity index (χ4n) is 0.960. The van der Waals surface area contributed by atoms with E-state index in [0.29, 0.717) is 0 Å². The van der Waals surface area contributed by atoms with Gasteiger partial charge in [0.15, 0.2) is 10.7 Å². The molecule has 0 unspecified atom stereocenters. The number of thiol groups is 1. The van der Waals surface area contributed by atoms with E-state index >= 15 is 0 Å². The average Bonchev–Trinajstić information content (AvgIpc) is 2.16. The number of amides is 1. The molecule has 1 amide bonds. The number of benzene rings is 1. The zero-order valence-electron chi connectivity index (χ0n) is 6.98. The maximum absolute atomic E-state index is 11.2. The van der Waals surface area contributed by atoms with Gasteiger partial charge in [-0.05, 0) is 12.1 Å². The van der Waals surface area contributed by atoms with Crippen LogP contribution in [0.25, 0.3) is 0 Å². The first-order valence-corrected chi connectivity index (χ1v) is 4.80. The topological polar surface area (TPSA) is 63.2 Å². The van der Waals surface area contributed by atoms with Crippen molar-refractivity contribution in [1.82, 2.24) is 5.32 Å². The predicted molar refractivity (Wildman–Crippen MR) is 48.4 cm³/mol. The van der Waals surface area contributed by atoms with Crippen LogP contribution in [0.5, 0.6) is 0 Å². The molecule has 0 spiro atoms. The fourth-order valence-corrected chi connectivity index (χ4v) is 1.54. The summed E-state index contributed by atoms with van der Waals surface area (Å²) in [4.78, 5) is 11.2. The molecule has 5 heteroatoms. The van der Waals surface area contributed by atoms with Crippen LogP contribution in [-0.4, -0.2) is 21.4 Å². The molecule has 1 N–H and O–H groups in total. The van der Waals surface area contributed by atoms with Crippen LogP contribution >= 0.6 is 0 Å². The molecule has 0 heterocycles. The van der Waals surface area contributed by atoms with E-state index in [1.54, 1.807) is 12.1 Å². The van der Waals surface area contributed by atoms with Gasteiger partial charge in [-0.15, -0.1) is 0 Å². The van der Waals surface area contributed by atoms with Gasteiger partial charge in [0.1, 0.15) is 0 Å². The van der Waals surface area contributed by atoms with E-state index in [0.717, 1.165) is 0 Å². The van der Waals surface area contributed by atoms with Crippen LogP contribution in [0, 0.1) is 0 Å². The Morgan fingerprint density at radius 2 is 1.92 bits per heavy atom. The van der Waals surface area contributed by atoms with Gasteiger partial charge in [-0.2, -0.15) is 0 Å². The Bertz CT molecular complexity index is 390. The summed E-state index contributed by atoms with van der Waals surface area (Å²) in [6.07, 6.45) is 0. The normalized spacial score (nSPS) is 10.0. The summed E-state index contributed by atoms with van der Waals surface area (Å²) >= 11 is 0. The minimum absolute atomic E-state index is 0.0526. The monoisotopic (exact) mass is 199 g/mol. The molecule has 1 rings (SSSR count). The first-order valence-electron chi connectivity index (χ1n) is 3.62. The molecule has 4 nitrogen and oxygen atoms in total. The first-order chi connectivity index (χ1) is 6.16. The van der Waals surface area contributed by atoms with E-state index in [1.165, 1.54) is 19.2 Å². The molecule has 0 aliphatic heterocycles. The molecule has 0 aliphatic rings. The van der Waals surface area contributed by atoms with Crippen molar-refractivity contribution in [1.29, 1.82) is 0 Å². The molecule has 70 valence electrons. The molecule has 0 atom stereocenters. The molecule has 0 aromatic heterocycles. The molecular formula is C8H9NO3S. The second kappa shape index (κ2) is 4.04. The van der Waals surface area contributed by atoms with Crippen LogP contribution in [0.2, 0.25) is 0 Å². The Balaban J connectivity index is 3.27. The van der Waals surface area contributed by atoms with Crippen molar-refractivity contribution < 1.29 is 13.2 Å². The first kappa shape index (κ1) is 9.73. The molecule has 1 aromatic rings. The predicted octanol–water partition coefficient (Wildman–Crippen LogP) is 0.0165. The lowest BCUT2D eigenvalue weighted by Gasteiger charge is -2.01. The van der Waals surface area contributed by atoms with E-state index in [4.69, 9.17) is 0 Å². The standard InChI is InChI=1S/C8H9NO3S/c1-9-8(10)6-4-2-3-5-7(6)13(11)12/h2-5,13H,1H3,(H,9,10). The van der Waals surface area contributed by atoms with Crippen LogP contribution in [0.1, 0.15) is 10.4 Å². The van der Waals surface area contributed by atoms with E-state index in [1.807, 2.05) is 0 Å². The second-order valence-corrected chi connectivity index (χ2v) is 3.35. The molecular weight excluding hydrogens is 190 g/mol. The zero-order valence-corrected chi connectivity index (χ0v) is 7.88. The molecule has 0 aliphatic carbocycles. The van der Waals surface area contributed by atoms with Gasteiger partial charge >= 0.3 is 0 Å². The van der Waals surface area contributed by atoms with Crippen LogP contribution in [0.4, 0.5) is 0 Å². The lowest BCUT2D eigenvalue weighted by molar-refractivity contribution is 0.0960. The van der Waals surface area contributed by atoms with Crippen molar-refractivity contribution in [2.75, 3.05) is 7.05 Å². The highest BCUT2D eigenvalue weighted by Crippen LogP contribution is 2.09. The third-order valence-corrected chi connectivity index (χ3v) is 2.36. The molecule has 0 saturated carbocycles. The Hall–Kier alpha value is -1.36. The quantitative estimate of drug-likeness (QED) is 0.660. The maximum atomic E-state index is 11.2. The summed E-state index contributed by atoms with van der Waals surface area (Å²) in [5, 5.41) is 2.37. The number of hydrogen-bond donors (Lipinski definition) is 2. The van der Waals surface area contributed by atoms with Crippen molar-refractivity contribution >= 4 is 16.6 Å². The smallest absolute Gasteiger partial charge is 0.252 e. The van der Waals surface area contributed by atoms with Crippen molar-refractivity contribution in [2.24, 2.45) is 0 Å². The molecule has 1 aromatic carbocycles. The number of carbonyl (C=O) groups is 1. The molecule has 0 saturated heterocycles. The third kappa shape index (κ3) is 2.06. The highest BCUT2D eigenvalue weighted by atomic mass is 32.2. The number of carbonyl (C=O) groups excluding carboxylic acids is 1. The van der Waals surface area contributed by atoms with Gasteiger partial charge in [-0.1, -0.05) is 12.1 Å². The average molecular weight is 199 g/mol.